The van der Waals surface area contributed by atoms with E-state index in [1.54, 1.807) is 0 Å². The van der Waals surface area contributed by atoms with E-state index in [2.05, 4.69) is 52.4 Å². The highest BCUT2D eigenvalue weighted by Gasteiger charge is 2.33. The number of thiophene rings is 1. The molecule has 104 valence electrons. The van der Waals surface area contributed by atoms with Crippen LogP contribution < -0.4 is 5.32 Å². The van der Waals surface area contributed by atoms with E-state index in [-0.39, 0.29) is 11.9 Å². The predicted octanol–water partition coefficient (Wildman–Crippen LogP) is 4.70. The first-order valence-corrected chi connectivity index (χ1v) is 8.37. The smallest absolute Gasteiger partial charge is 0.261 e. The summed E-state index contributed by atoms with van der Waals surface area (Å²) in [5.74, 6) is 0.614. The fourth-order valence-corrected chi connectivity index (χ4v) is 3.61. The number of halogens is 1. The molecule has 2 nitrogen and oxygen atoms in total. The Morgan fingerprint density at radius 3 is 2.50 bits per heavy atom. The first kappa shape index (κ1) is 13.8. The van der Waals surface area contributed by atoms with Crippen molar-refractivity contribution in [2.45, 2.75) is 25.8 Å². The average Bonchev–Trinajstić information content (AvgIpc) is 3.18. The van der Waals surface area contributed by atoms with Gasteiger partial charge < -0.3 is 5.32 Å². The molecule has 20 heavy (non-hydrogen) atoms. The van der Waals surface area contributed by atoms with Gasteiger partial charge in [0, 0.05) is 0 Å². The van der Waals surface area contributed by atoms with E-state index in [9.17, 15) is 4.79 Å². The van der Waals surface area contributed by atoms with Crippen LogP contribution in [0, 0.1) is 12.8 Å². The zero-order chi connectivity index (χ0) is 14.1. The monoisotopic (exact) mass is 349 g/mol. The van der Waals surface area contributed by atoms with E-state index in [1.807, 2.05) is 12.1 Å². The molecular weight excluding hydrogens is 334 g/mol. The summed E-state index contributed by atoms with van der Waals surface area (Å²) in [5, 5.41) is 3.19. The highest BCUT2D eigenvalue weighted by atomic mass is 79.9. The Labute approximate surface area is 131 Å². The zero-order valence-corrected chi connectivity index (χ0v) is 13.6. The first-order chi connectivity index (χ1) is 9.63. The van der Waals surface area contributed by atoms with E-state index in [1.165, 1.54) is 35.3 Å². The van der Waals surface area contributed by atoms with Gasteiger partial charge in [0.1, 0.15) is 0 Å². The molecule has 1 aromatic carbocycles. The van der Waals surface area contributed by atoms with Crippen molar-refractivity contribution >= 4 is 33.2 Å². The highest BCUT2D eigenvalue weighted by molar-refractivity contribution is 9.11. The number of carbonyl (C=O) groups excluding carboxylic acids is 1. The standard InChI is InChI=1S/C16H16BrNOS/c1-10-2-4-11(5-3-10)15(12-6-7-12)18-16(19)13-8-9-14(17)20-13/h2-5,8-9,12,15H,6-7H2,1H3,(H,18,19). The Bertz CT molecular complexity index is 616. The SMILES string of the molecule is Cc1ccc(C(NC(=O)c2ccc(Br)s2)C2CC2)cc1. The number of hydrogen-bond donors (Lipinski definition) is 1. The third-order valence-corrected chi connectivity index (χ3v) is 5.24. The molecule has 0 saturated heterocycles. The molecule has 0 radical (unpaired) electrons. The molecular formula is C16H16BrNOS. The molecule has 1 saturated carbocycles. The third-order valence-electron chi connectivity index (χ3n) is 3.61. The lowest BCUT2D eigenvalue weighted by molar-refractivity contribution is 0.0936. The number of carbonyl (C=O) groups is 1. The van der Waals surface area contributed by atoms with Gasteiger partial charge >= 0.3 is 0 Å². The van der Waals surface area contributed by atoms with Gasteiger partial charge in [-0.15, -0.1) is 11.3 Å². The second-order valence-corrected chi connectivity index (χ2v) is 7.77. The maximum Gasteiger partial charge on any atom is 0.261 e. The topological polar surface area (TPSA) is 29.1 Å². The van der Waals surface area contributed by atoms with Crippen LogP contribution in [0.2, 0.25) is 0 Å². The molecule has 1 unspecified atom stereocenters. The van der Waals surface area contributed by atoms with Gasteiger partial charge in [-0.3, -0.25) is 4.79 Å². The molecule has 1 aliphatic carbocycles. The van der Waals surface area contributed by atoms with Crippen LogP contribution in [0.4, 0.5) is 0 Å². The lowest BCUT2D eigenvalue weighted by Crippen LogP contribution is -2.29. The Balaban J connectivity index is 1.78. The van der Waals surface area contributed by atoms with Gasteiger partial charge in [-0.1, -0.05) is 29.8 Å². The molecule has 1 fully saturated rings. The van der Waals surface area contributed by atoms with Crippen LogP contribution in [0.1, 0.15) is 39.7 Å². The van der Waals surface area contributed by atoms with Crippen LogP contribution in [0.15, 0.2) is 40.2 Å². The molecule has 1 aromatic heterocycles. The van der Waals surface area contributed by atoms with Gasteiger partial charge in [0.25, 0.3) is 5.91 Å². The third kappa shape index (κ3) is 3.13. The van der Waals surface area contributed by atoms with Crippen molar-refractivity contribution in [1.82, 2.24) is 5.32 Å². The van der Waals surface area contributed by atoms with Crippen LogP contribution in [0.25, 0.3) is 0 Å². The minimum absolute atomic E-state index is 0.0261. The number of benzene rings is 1. The van der Waals surface area contributed by atoms with Crippen LogP contribution in [-0.2, 0) is 0 Å². The molecule has 1 amide bonds. The highest BCUT2D eigenvalue weighted by Crippen LogP contribution is 2.41. The van der Waals surface area contributed by atoms with Crippen LogP contribution in [-0.4, -0.2) is 5.91 Å². The number of amides is 1. The summed E-state index contributed by atoms with van der Waals surface area (Å²) < 4.78 is 0.987. The van der Waals surface area contributed by atoms with Crippen molar-refractivity contribution in [3.8, 4) is 0 Å². The van der Waals surface area contributed by atoms with Crippen molar-refractivity contribution < 1.29 is 4.79 Å². The molecule has 0 spiro atoms. The largest absolute Gasteiger partial charge is 0.344 e. The van der Waals surface area contributed by atoms with Crippen molar-refractivity contribution in [3.63, 3.8) is 0 Å². The number of aryl methyl sites for hydroxylation is 1. The lowest BCUT2D eigenvalue weighted by Gasteiger charge is -2.18. The van der Waals surface area contributed by atoms with Gasteiger partial charge in [-0.05, 0) is 59.3 Å². The maximum atomic E-state index is 12.3. The van der Waals surface area contributed by atoms with Gasteiger partial charge in [-0.2, -0.15) is 0 Å². The molecule has 3 rings (SSSR count). The molecule has 1 aliphatic rings. The molecule has 0 bridgehead atoms. The summed E-state index contributed by atoms with van der Waals surface area (Å²) in [7, 11) is 0. The quantitative estimate of drug-likeness (QED) is 0.851. The number of nitrogens with one attached hydrogen (secondary N) is 1. The summed E-state index contributed by atoms with van der Waals surface area (Å²) >= 11 is 4.87. The van der Waals surface area contributed by atoms with Crippen molar-refractivity contribution in [2.24, 2.45) is 5.92 Å². The van der Waals surface area contributed by atoms with Gasteiger partial charge in [0.05, 0.1) is 14.7 Å². The molecule has 1 atom stereocenters. The fourth-order valence-electron chi connectivity index (χ4n) is 2.33. The Morgan fingerprint density at radius 2 is 1.95 bits per heavy atom. The van der Waals surface area contributed by atoms with Gasteiger partial charge in [0.15, 0.2) is 0 Å². The first-order valence-electron chi connectivity index (χ1n) is 6.76. The van der Waals surface area contributed by atoms with Crippen molar-refractivity contribution in [2.75, 3.05) is 0 Å². The molecule has 4 heteroatoms. The van der Waals surface area contributed by atoms with E-state index >= 15 is 0 Å². The summed E-state index contributed by atoms with van der Waals surface area (Å²) in [6.07, 6.45) is 2.40. The number of hydrogen-bond acceptors (Lipinski definition) is 2. The zero-order valence-electron chi connectivity index (χ0n) is 11.2. The molecule has 0 aliphatic heterocycles. The molecule has 1 N–H and O–H groups in total. The number of rotatable bonds is 4. The Morgan fingerprint density at radius 1 is 1.25 bits per heavy atom. The Kier molecular flexibility index (Phi) is 3.94. The van der Waals surface area contributed by atoms with Gasteiger partial charge in [-0.25, -0.2) is 0 Å². The van der Waals surface area contributed by atoms with Crippen LogP contribution in [0.5, 0.6) is 0 Å². The van der Waals surface area contributed by atoms with Crippen molar-refractivity contribution in [3.05, 3.63) is 56.2 Å². The maximum absolute atomic E-state index is 12.3. The van der Waals surface area contributed by atoms with Gasteiger partial charge in [0.2, 0.25) is 0 Å². The minimum Gasteiger partial charge on any atom is -0.344 e. The molecule has 1 heterocycles. The predicted molar refractivity (Wildman–Crippen MR) is 86.1 cm³/mol. The summed E-state index contributed by atoms with van der Waals surface area (Å²) in [6.45, 7) is 2.08. The van der Waals surface area contributed by atoms with E-state index < -0.39 is 0 Å². The van der Waals surface area contributed by atoms with Crippen LogP contribution >= 0.6 is 27.3 Å². The molecule has 2 aromatic rings. The second-order valence-electron chi connectivity index (χ2n) is 5.30. The summed E-state index contributed by atoms with van der Waals surface area (Å²) in [5.41, 5.74) is 2.46. The van der Waals surface area contributed by atoms with E-state index in [4.69, 9.17) is 0 Å². The lowest BCUT2D eigenvalue weighted by atomic mass is 10.0. The average molecular weight is 350 g/mol. The van der Waals surface area contributed by atoms with Crippen LogP contribution in [0.3, 0.4) is 0 Å². The Hall–Kier alpha value is -1.13. The minimum atomic E-state index is 0.0261. The van der Waals surface area contributed by atoms with E-state index in [0.717, 1.165) is 8.66 Å². The summed E-state index contributed by atoms with van der Waals surface area (Å²) in [6, 6.07) is 12.4. The summed E-state index contributed by atoms with van der Waals surface area (Å²) in [4.78, 5) is 13.1. The van der Waals surface area contributed by atoms with Crippen molar-refractivity contribution in [1.29, 1.82) is 0 Å². The fraction of sp³-hybridized carbons (Fsp3) is 0.312. The van der Waals surface area contributed by atoms with E-state index in [0.29, 0.717) is 5.92 Å². The normalized spacial score (nSPS) is 15.9. The second kappa shape index (κ2) is 5.70.